The summed E-state index contributed by atoms with van der Waals surface area (Å²) in [5.41, 5.74) is 5.49. The Hall–Kier alpha value is -2.20. The van der Waals surface area contributed by atoms with Gasteiger partial charge < -0.3 is 31.5 Å². The molecule has 0 saturated carbocycles. The first-order chi connectivity index (χ1) is 12.6. The molecular formula is C17H30N4O6. The number of nitrogens with two attached hydrogens (primary N) is 1. The maximum atomic E-state index is 12.5. The molecule has 10 heteroatoms. The van der Waals surface area contributed by atoms with Crippen LogP contribution in [-0.2, 0) is 19.2 Å². The van der Waals surface area contributed by atoms with Crippen molar-refractivity contribution in [3.8, 4) is 0 Å². The molecule has 0 aromatic heterocycles. The van der Waals surface area contributed by atoms with Gasteiger partial charge in [0.05, 0.1) is 12.6 Å². The van der Waals surface area contributed by atoms with Gasteiger partial charge in [0.25, 0.3) is 0 Å². The van der Waals surface area contributed by atoms with Gasteiger partial charge in [-0.05, 0) is 25.7 Å². The van der Waals surface area contributed by atoms with Gasteiger partial charge in [-0.15, -0.1) is 0 Å². The average molecular weight is 386 g/mol. The third kappa shape index (κ3) is 6.17. The number of amides is 3. The Morgan fingerprint density at radius 2 is 1.89 bits per heavy atom. The van der Waals surface area contributed by atoms with Gasteiger partial charge in [-0.1, -0.05) is 20.3 Å². The van der Waals surface area contributed by atoms with Crippen molar-refractivity contribution in [1.29, 1.82) is 0 Å². The van der Waals surface area contributed by atoms with Crippen molar-refractivity contribution in [2.24, 2.45) is 11.7 Å². The SMILES string of the molecule is CCC(C)C(NC(=O)C1CCCN1C(=O)CNC(=O)C(N)C(C)O)C(=O)O. The van der Waals surface area contributed by atoms with E-state index in [0.717, 1.165) is 0 Å². The van der Waals surface area contributed by atoms with E-state index in [1.165, 1.54) is 11.8 Å². The van der Waals surface area contributed by atoms with Crippen molar-refractivity contribution in [3.63, 3.8) is 0 Å². The Morgan fingerprint density at radius 3 is 2.41 bits per heavy atom. The Balaban J connectivity index is 2.68. The van der Waals surface area contributed by atoms with Gasteiger partial charge in [0.15, 0.2) is 0 Å². The van der Waals surface area contributed by atoms with Crippen LogP contribution in [-0.4, -0.2) is 76.1 Å². The number of hydrogen-bond donors (Lipinski definition) is 5. The minimum Gasteiger partial charge on any atom is -0.480 e. The second kappa shape index (κ2) is 10.2. The molecule has 10 nitrogen and oxygen atoms in total. The van der Waals surface area contributed by atoms with E-state index in [1.807, 2.05) is 6.92 Å². The second-order valence-corrected chi connectivity index (χ2v) is 6.94. The minimum absolute atomic E-state index is 0.252. The number of nitrogens with zero attached hydrogens (tertiary/aromatic N) is 1. The van der Waals surface area contributed by atoms with E-state index >= 15 is 0 Å². The molecule has 0 radical (unpaired) electrons. The second-order valence-electron chi connectivity index (χ2n) is 6.94. The molecule has 1 aliphatic rings. The highest BCUT2D eigenvalue weighted by Crippen LogP contribution is 2.18. The van der Waals surface area contributed by atoms with E-state index in [4.69, 9.17) is 5.73 Å². The molecule has 6 N–H and O–H groups in total. The Morgan fingerprint density at radius 1 is 1.26 bits per heavy atom. The van der Waals surface area contributed by atoms with Crippen LogP contribution in [0.15, 0.2) is 0 Å². The van der Waals surface area contributed by atoms with Gasteiger partial charge in [0.2, 0.25) is 17.7 Å². The van der Waals surface area contributed by atoms with Crippen LogP contribution < -0.4 is 16.4 Å². The number of rotatable bonds is 9. The van der Waals surface area contributed by atoms with Crippen LogP contribution in [0.3, 0.4) is 0 Å². The smallest absolute Gasteiger partial charge is 0.326 e. The monoisotopic (exact) mass is 386 g/mol. The summed E-state index contributed by atoms with van der Waals surface area (Å²) >= 11 is 0. The molecule has 0 aromatic rings. The first-order valence-corrected chi connectivity index (χ1v) is 9.14. The van der Waals surface area contributed by atoms with Crippen molar-refractivity contribution in [2.45, 2.75) is 64.3 Å². The predicted octanol–water partition coefficient (Wildman–Crippen LogP) is -1.58. The Labute approximate surface area is 158 Å². The number of carbonyl (C=O) groups excluding carboxylic acids is 3. The highest BCUT2D eigenvalue weighted by Gasteiger charge is 2.36. The third-order valence-electron chi connectivity index (χ3n) is 4.89. The highest BCUT2D eigenvalue weighted by molar-refractivity contribution is 5.93. The summed E-state index contributed by atoms with van der Waals surface area (Å²) < 4.78 is 0. The van der Waals surface area contributed by atoms with Crippen LogP contribution in [0, 0.1) is 5.92 Å². The first kappa shape index (κ1) is 22.8. The largest absolute Gasteiger partial charge is 0.480 e. The molecule has 154 valence electrons. The number of hydrogen-bond acceptors (Lipinski definition) is 6. The van der Waals surface area contributed by atoms with Crippen LogP contribution >= 0.6 is 0 Å². The molecule has 1 aliphatic heterocycles. The van der Waals surface area contributed by atoms with Crippen molar-refractivity contribution in [2.75, 3.05) is 13.1 Å². The number of carbonyl (C=O) groups is 4. The maximum absolute atomic E-state index is 12.5. The van der Waals surface area contributed by atoms with E-state index in [2.05, 4.69) is 10.6 Å². The van der Waals surface area contributed by atoms with E-state index in [-0.39, 0.29) is 12.5 Å². The normalized spacial score (nSPS) is 21.1. The van der Waals surface area contributed by atoms with Gasteiger partial charge in [-0.25, -0.2) is 4.79 Å². The van der Waals surface area contributed by atoms with Gasteiger partial charge in [0.1, 0.15) is 18.1 Å². The molecule has 0 bridgehead atoms. The van der Waals surface area contributed by atoms with E-state index in [1.54, 1.807) is 6.92 Å². The van der Waals surface area contributed by atoms with Gasteiger partial charge in [0, 0.05) is 6.54 Å². The van der Waals surface area contributed by atoms with E-state index < -0.39 is 47.9 Å². The van der Waals surface area contributed by atoms with Crippen molar-refractivity contribution in [1.82, 2.24) is 15.5 Å². The fraction of sp³-hybridized carbons (Fsp3) is 0.765. The van der Waals surface area contributed by atoms with Crippen LogP contribution in [0.5, 0.6) is 0 Å². The van der Waals surface area contributed by atoms with Crippen LogP contribution in [0.1, 0.15) is 40.0 Å². The molecule has 0 spiro atoms. The highest BCUT2D eigenvalue weighted by atomic mass is 16.4. The van der Waals surface area contributed by atoms with Crippen molar-refractivity contribution >= 4 is 23.7 Å². The van der Waals surface area contributed by atoms with Crippen LogP contribution in [0.25, 0.3) is 0 Å². The number of likely N-dealkylation sites (tertiary alicyclic amines) is 1. The molecule has 5 unspecified atom stereocenters. The van der Waals surface area contributed by atoms with Crippen LogP contribution in [0.4, 0.5) is 0 Å². The topological polar surface area (TPSA) is 162 Å². The zero-order valence-corrected chi connectivity index (χ0v) is 16.0. The number of carboxylic acids is 1. The number of nitrogens with one attached hydrogen (secondary N) is 2. The Kier molecular flexibility index (Phi) is 8.64. The number of aliphatic carboxylic acids is 1. The van der Waals surface area contributed by atoms with Crippen molar-refractivity contribution in [3.05, 3.63) is 0 Å². The molecule has 1 saturated heterocycles. The molecule has 1 rings (SSSR count). The summed E-state index contributed by atoms with van der Waals surface area (Å²) in [6, 6.07) is -2.95. The summed E-state index contributed by atoms with van der Waals surface area (Å²) in [5, 5.41) is 23.5. The molecule has 1 fully saturated rings. The minimum atomic E-state index is -1.15. The molecule has 0 aromatic carbocycles. The standard InChI is InChI=1S/C17H30N4O6/c1-4-9(2)14(17(26)27)20-15(24)11-6-5-7-21(11)12(23)8-19-16(25)13(18)10(3)22/h9-11,13-14,22H,4-8,18H2,1-3H3,(H,19,25)(H,20,24)(H,26,27). The lowest BCUT2D eigenvalue weighted by Gasteiger charge is -2.27. The number of aliphatic hydroxyl groups excluding tert-OH is 1. The predicted molar refractivity (Wildman–Crippen MR) is 96.4 cm³/mol. The first-order valence-electron chi connectivity index (χ1n) is 9.14. The molecule has 0 aliphatic carbocycles. The summed E-state index contributed by atoms with van der Waals surface area (Å²) in [4.78, 5) is 49.4. The number of carboxylic acid groups (broad SMARTS) is 1. The fourth-order valence-corrected chi connectivity index (χ4v) is 2.87. The molecule has 27 heavy (non-hydrogen) atoms. The van der Waals surface area contributed by atoms with Crippen LogP contribution in [0.2, 0.25) is 0 Å². The Bertz CT molecular complexity index is 568. The molecular weight excluding hydrogens is 356 g/mol. The van der Waals surface area contributed by atoms with Gasteiger partial charge in [-0.3, -0.25) is 14.4 Å². The van der Waals surface area contributed by atoms with Gasteiger partial charge in [-0.2, -0.15) is 0 Å². The summed E-state index contributed by atoms with van der Waals surface area (Å²) in [5.74, 6) is -3.01. The molecule has 3 amide bonds. The lowest BCUT2D eigenvalue weighted by molar-refractivity contribution is -0.145. The third-order valence-corrected chi connectivity index (χ3v) is 4.89. The van der Waals surface area contributed by atoms with Crippen molar-refractivity contribution < 1.29 is 29.4 Å². The fourth-order valence-electron chi connectivity index (χ4n) is 2.87. The lowest BCUT2D eigenvalue weighted by Crippen LogP contribution is -2.55. The van der Waals surface area contributed by atoms with E-state index in [0.29, 0.717) is 25.8 Å². The number of aliphatic hydroxyl groups is 1. The maximum Gasteiger partial charge on any atom is 0.326 e. The van der Waals surface area contributed by atoms with Gasteiger partial charge >= 0.3 is 5.97 Å². The molecule has 1 heterocycles. The summed E-state index contributed by atoms with van der Waals surface area (Å²) in [6.45, 7) is 4.92. The quantitative estimate of drug-likeness (QED) is 0.319. The summed E-state index contributed by atoms with van der Waals surface area (Å²) in [7, 11) is 0. The summed E-state index contributed by atoms with van der Waals surface area (Å²) in [6.07, 6.45) is 0.552. The zero-order chi connectivity index (χ0) is 20.7. The van der Waals surface area contributed by atoms with E-state index in [9.17, 15) is 29.4 Å². The average Bonchev–Trinajstić information content (AvgIpc) is 3.11. The molecule has 5 atom stereocenters. The zero-order valence-electron chi connectivity index (χ0n) is 16.0. The lowest BCUT2D eigenvalue weighted by atomic mass is 9.99.